The number of nitrogens with one attached hydrogen (secondary N) is 1. The van der Waals surface area contributed by atoms with Gasteiger partial charge >= 0.3 is 0 Å². The molecule has 3 rings (SSSR count). The first kappa shape index (κ1) is 14.6. The molecule has 1 aromatic carbocycles. The molecule has 4 nitrogen and oxygen atoms in total. The number of fused-ring (bicyclic) bond motifs is 1. The Labute approximate surface area is 133 Å². The number of amides is 1. The molecular weight excluding hydrogens is 298 g/mol. The Morgan fingerprint density at radius 2 is 2.27 bits per heavy atom. The summed E-state index contributed by atoms with van der Waals surface area (Å²) in [5, 5.41) is 13.2. The third-order valence-corrected chi connectivity index (χ3v) is 3.91. The number of hydrogen-bond donors (Lipinski definition) is 1. The number of halogens is 1. The molecular formula is C17H14ClN3O. The molecule has 1 fully saturated rings. The second kappa shape index (κ2) is 5.78. The molecule has 1 heterocycles. The molecule has 0 atom stereocenters. The summed E-state index contributed by atoms with van der Waals surface area (Å²) in [6.45, 7) is 1.96. The summed E-state index contributed by atoms with van der Waals surface area (Å²) in [6, 6.07) is 9.81. The Balaban J connectivity index is 2.01. The van der Waals surface area contributed by atoms with Crippen molar-refractivity contribution in [1.82, 2.24) is 10.3 Å². The average Bonchev–Trinajstić information content (AvgIpc) is 3.30. The maximum absolute atomic E-state index is 12.0. The van der Waals surface area contributed by atoms with Gasteiger partial charge in [-0.3, -0.25) is 4.79 Å². The van der Waals surface area contributed by atoms with Crippen LogP contribution in [0.15, 0.2) is 29.8 Å². The van der Waals surface area contributed by atoms with E-state index in [0.29, 0.717) is 5.56 Å². The Bertz CT molecular complexity index is 832. The molecule has 1 saturated carbocycles. The van der Waals surface area contributed by atoms with Crippen LogP contribution in [0.2, 0.25) is 5.15 Å². The van der Waals surface area contributed by atoms with Crippen LogP contribution in [0.1, 0.15) is 24.0 Å². The molecule has 0 unspecified atom stereocenters. The van der Waals surface area contributed by atoms with Gasteiger partial charge < -0.3 is 5.32 Å². The first-order valence-electron chi connectivity index (χ1n) is 7.07. The Hall–Kier alpha value is -2.38. The number of para-hydroxylation sites is 1. The predicted octanol–water partition coefficient (Wildman–Crippen LogP) is 3.38. The standard InChI is InChI=1S/C17H14ClN3O/c1-10-3-2-4-11-7-12(16(18)21-15(10)11)8-13(9-19)17(22)20-14-5-6-14/h2-4,7-8,14H,5-6H2,1H3,(H,20,22)/b13-8-. The summed E-state index contributed by atoms with van der Waals surface area (Å²) >= 11 is 6.20. The van der Waals surface area contributed by atoms with E-state index in [0.717, 1.165) is 29.3 Å². The topological polar surface area (TPSA) is 65.8 Å². The molecule has 1 amide bonds. The van der Waals surface area contributed by atoms with Gasteiger partial charge in [0.15, 0.2) is 0 Å². The molecule has 1 aromatic heterocycles. The molecule has 0 saturated heterocycles. The van der Waals surface area contributed by atoms with E-state index in [2.05, 4.69) is 10.3 Å². The van der Waals surface area contributed by atoms with Crippen LogP contribution < -0.4 is 5.32 Å². The van der Waals surface area contributed by atoms with Crippen LogP contribution in [0.25, 0.3) is 17.0 Å². The van der Waals surface area contributed by atoms with Crippen molar-refractivity contribution >= 4 is 34.5 Å². The van der Waals surface area contributed by atoms with Crippen LogP contribution in [-0.4, -0.2) is 16.9 Å². The van der Waals surface area contributed by atoms with Crippen molar-refractivity contribution in [2.75, 3.05) is 0 Å². The lowest BCUT2D eigenvalue weighted by molar-refractivity contribution is -0.117. The van der Waals surface area contributed by atoms with E-state index in [-0.39, 0.29) is 22.7 Å². The molecule has 2 aromatic rings. The van der Waals surface area contributed by atoms with Crippen molar-refractivity contribution in [1.29, 1.82) is 5.26 Å². The van der Waals surface area contributed by atoms with E-state index in [1.807, 2.05) is 37.3 Å². The first-order chi connectivity index (χ1) is 10.6. The Morgan fingerprint density at radius 1 is 1.50 bits per heavy atom. The molecule has 1 N–H and O–H groups in total. The normalized spacial score (nSPS) is 14.7. The van der Waals surface area contributed by atoms with Crippen LogP contribution in [-0.2, 0) is 4.79 Å². The van der Waals surface area contributed by atoms with Gasteiger partial charge in [-0.25, -0.2) is 4.98 Å². The highest BCUT2D eigenvalue weighted by molar-refractivity contribution is 6.31. The number of carbonyl (C=O) groups excluding carboxylic acids is 1. The zero-order valence-corrected chi connectivity index (χ0v) is 12.8. The number of carbonyl (C=O) groups is 1. The fourth-order valence-electron chi connectivity index (χ4n) is 2.24. The summed E-state index contributed by atoms with van der Waals surface area (Å²) in [5.74, 6) is -0.356. The largest absolute Gasteiger partial charge is 0.349 e. The van der Waals surface area contributed by atoms with Crippen molar-refractivity contribution in [3.05, 3.63) is 46.1 Å². The summed E-state index contributed by atoms with van der Waals surface area (Å²) in [4.78, 5) is 16.4. The van der Waals surface area contributed by atoms with Crippen molar-refractivity contribution in [3.8, 4) is 6.07 Å². The minimum atomic E-state index is -0.356. The smallest absolute Gasteiger partial charge is 0.262 e. The van der Waals surface area contributed by atoms with Crippen LogP contribution >= 0.6 is 11.6 Å². The van der Waals surface area contributed by atoms with Crippen molar-refractivity contribution in [2.45, 2.75) is 25.8 Å². The van der Waals surface area contributed by atoms with Crippen molar-refractivity contribution in [2.24, 2.45) is 0 Å². The van der Waals surface area contributed by atoms with Crippen LogP contribution in [0.5, 0.6) is 0 Å². The molecule has 110 valence electrons. The SMILES string of the molecule is Cc1cccc2cc(/C=C(/C#N)C(=O)NC3CC3)c(Cl)nc12. The van der Waals surface area contributed by atoms with Gasteiger partial charge in [0.25, 0.3) is 5.91 Å². The van der Waals surface area contributed by atoms with E-state index < -0.39 is 0 Å². The zero-order valence-electron chi connectivity index (χ0n) is 12.1. The molecule has 0 spiro atoms. The summed E-state index contributed by atoms with van der Waals surface area (Å²) in [5.41, 5.74) is 2.47. The Morgan fingerprint density at radius 3 is 2.95 bits per heavy atom. The number of hydrogen-bond acceptors (Lipinski definition) is 3. The summed E-state index contributed by atoms with van der Waals surface area (Å²) in [6.07, 6.45) is 3.44. The van der Waals surface area contributed by atoms with Crippen LogP contribution in [0.3, 0.4) is 0 Å². The monoisotopic (exact) mass is 311 g/mol. The first-order valence-corrected chi connectivity index (χ1v) is 7.45. The van der Waals surface area contributed by atoms with Crippen LogP contribution in [0.4, 0.5) is 0 Å². The summed E-state index contributed by atoms with van der Waals surface area (Å²) < 4.78 is 0. The van der Waals surface area contributed by atoms with E-state index >= 15 is 0 Å². The molecule has 22 heavy (non-hydrogen) atoms. The second-order valence-corrected chi connectivity index (χ2v) is 5.79. The minimum Gasteiger partial charge on any atom is -0.349 e. The van der Waals surface area contributed by atoms with Gasteiger partial charge in [0.05, 0.1) is 5.52 Å². The predicted molar refractivity (Wildman–Crippen MR) is 86.2 cm³/mol. The van der Waals surface area contributed by atoms with Gasteiger partial charge in [-0.15, -0.1) is 0 Å². The van der Waals surface area contributed by atoms with E-state index in [9.17, 15) is 10.1 Å². The zero-order chi connectivity index (χ0) is 15.7. The van der Waals surface area contributed by atoms with Crippen molar-refractivity contribution < 1.29 is 4.79 Å². The fraction of sp³-hybridized carbons (Fsp3) is 0.235. The maximum atomic E-state index is 12.0. The molecule has 5 heteroatoms. The quantitative estimate of drug-likeness (QED) is 0.537. The number of benzene rings is 1. The highest BCUT2D eigenvalue weighted by Crippen LogP contribution is 2.25. The number of nitriles is 1. The maximum Gasteiger partial charge on any atom is 0.262 e. The number of aryl methyl sites for hydroxylation is 1. The van der Waals surface area contributed by atoms with Gasteiger partial charge in [0.2, 0.25) is 0 Å². The minimum absolute atomic E-state index is 0.0441. The lowest BCUT2D eigenvalue weighted by atomic mass is 10.1. The second-order valence-electron chi connectivity index (χ2n) is 5.43. The third kappa shape index (κ3) is 2.95. The van der Waals surface area contributed by atoms with Gasteiger partial charge in [-0.1, -0.05) is 29.8 Å². The molecule has 0 radical (unpaired) electrons. The van der Waals surface area contributed by atoms with Crippen LogP contribution in [0, 0.1) is 18.3 Å². The molecule has 0 aliphatic heterocycles. The van der Waals surface area contributed by atoms with Gasteiger partial charge in [0, 0.05) is 17.0 Å². The third-order valence-electron chi connectivity index (χ3n) is 3.61. The molecule has 0 bridgehead atoms. The van der Waals surface area contributed by atoms with Gasteiger partial charge in [0.1, 0.15) is 16.8 Å². The fourth-order valence-corrected chi connectivity index (χ4v) is 2.43. The van der Waals surface area contributed by atoms with E-state index in [1.165, 1.54) is 6.08 Å². The highest BCUT2D eigenvalue weighted by Gasteiger charge is 2.24. The van der Waals surface area contributed by atoms with E-state index in [4.69, 9.17) is 11.6 Å². The number of pyridine rings is 1. The van der Waals surface area contributed by atoms with E-state index in [1.54, 1.807) is 0 Å². The van der Waals surface area contributed by atoms with Gasteiger partial charge in [-0.05, 0) is 37.5 Å². The number of rotatable bonds is 3. The lowest BCUT2D eigenvalue weighted by Gasteiger charge is -2.06. The molecule has 1 aliphatic carbocycles. The lowest BCUT2D eigenvalue weighted by Crippen LogP contribution is -2.26. The molecule has 1 aliphatic rings. The van der Waals surface area contributed by atoms with Gasteiger partial charge in [-0.2, -0.15) is 5.26 Å². The summed E-state index contributed by atoms with van der Waals surface area (Å²) in [7, 11) is 0. The average molecular weight is 312 g/mol. The van der Waals surface area contributed by atoms with Crippen molar-refractivity contribution in [3.63, 3.8) is 0 Å². The Kier molecular flexibility index (Phi) is 3.82. The number of nitrogens with zero attached hydrogens (tertiary/aromatic N) is 2. The number of aromatic nitrogens is 1. The highest BCUT2D eigenvalue weighted by atomic mass is 35.5.